The van der Waals surface area contributed by atoms with E-state index in [4.69, 9.17) is 16.4 Å². The number of hydroxylamine groups is 1. The van der Waals surface area contributed by atoms with Crippen LogP contribution in [-0.2, 0) is 9.63 Å². The summed E-state index contributed by atoms with van der Waals surface area (Å²) < 4.78 is 26.2. The molecule has 0 aliphatic heterocycles. The zero-order valence-corrected chi connectivity index (χ0v) is 12.5. The summed E-state index contributed by atoms with van der Waals surface area (Å²) in [6.07, 6.45) is 0.873. The van der Waals surface area contributed by atoms with Gasteiger partial charge in [0.25, 0.3) is 0 Å². The van der Waals surface area contributed by atoms with Crippen molar-refractivity contribution in [2.24, 2.45) is 5.92 Å². The second-order valence-electron chi connectivity index (χ2n) is 5.02. The summed E-state index contributed by atoms with van der Waals surface area (Å²) >= 11 is 5.76. The van der Waals surface area contributed by atoms with Crippen molar-refractivity contribution in [3.05, 3.63) is 46.5 Å². The van der Waals surface area contributed by atoms with Crippen molar-refractivity contribution >= 4 is 23.4 Å². The third-order valence-electron chi connectivity index (χ3n) is 3.42. The molecule has 0 spiro atoms. The third kappa shape index (κ3) is 3.51. The summed E-state index contributed by atoms with van der Waals surface area (Å²) in [5, 5.41) is -0.147. The van der Waals surface area contributed by atoms with E-state index in [9.17, 15) is 18.4 Å². The summed E-state index contributed by atoms with van der Waals surface area (Å²) in [6.45, 7) is 5.29. The lowest BCUT2D eigenvalue weighted by molar-refractivity contribution is -0.146. The van der Waals surface area contributed by atoms with Gasteiger partial charge in [-0.1, -0.05) is 25.1 Å². The predicted molar refractivity (Wildman–Crippen MR) is 76.3 cm³/mol. The van der Waals surface area contributed by atoms with Gasteiger partial charge in [0, 0.05) is 17.1 Å². The lowest BCUT2D eigenvalue weighted by Gasteiger charge is -2.07. The predicted octanol–water partition coefficient (Wildman–Crippen LogP) is 3.20. The molecular formula is C15H14ClF2NO3. The van der Waals surface area contributed by atoms with Crippen molar-refractivity contribution in [1.29, 1.82) is 0 Å². The Morgan fingerprint density at radius 3 is 2.68 bits per heavy atom. The number of nitrogens with one attached hydrogen (secondary N) is 1. The van der Waals surface area contributed by atoms with Crippen molar-refractivity contribution in [2.75, 3.05) is 0 Å². The molecule has 2 unspecified atom stereocenters. The third-order valence-corrected chi connectivity index (χ3v) is 3.73. The van der Waals surface area contributed by atoms with Crippen molar-refractivity contribution in [3.8, 4) is 0 Å². The van der Waals surface area contributed by atoms with E-state index < -0.39 is 29.3 Å². The number of hydrogen-bond donors (Lipinski definition) is 1. The van der Waals surface area contributed by atoms with Gasteiger partial charge in [0.15, 0.2) is 17.4 Å². The fourth-order valence-corrected chi connectivity index (χ4v) is 2.12. The Kier molecular flexibility index (Phi) is 4.93. The first-order chi connectivity index (χ1) is 10.3. The molecule has 22 heavy (non-hydrogen) atoms. The zero-order chi connectivity index (χ0) is 16.4. The van der Waals surface area contributed by atoms with Crippen LogP contribution in [0.25, 0.3) is 0 Å². The smallest absolute Gasteiger partial charge is 0.352 e. The Bertz CT molecular complexity index is 648. The molecule has 0 saturated heterocycles. The SMILES string of the molecule is C=C(CC)C(=O)ONC1CC1C(=O)c1cc(F)c(F)cc1Cl. The summed E-state index contributed by atoms with van der Waals surface area (Å²) in [5.41, 5.74) is 2.70. The molecule has 2 atom stereocenters. The molecule has 1 aliphatic carbocycles. The van der Waals surface area contributed by atoms with Crippen LogP contribution >= 0.6 is 11.6 Å². The van der Waals surface area contributed by atoms with Gasteiger partial charge in [-0.2, -0.15) is 0 Å². The van der Waals surface area contributed by atoms with Gasteiger partial charge in [-0.15, -0.1) is 5.48 Å². The number of benzene rings is 1. The maximum absolute atomic E-state index is 13.2. The highest BCUT2D eigenvalue weighted by atomic mass is 35.5. The Labute approximate surface area is 131 Å². The Morgan fingerprint density at radius 2 is 2.05 bits per heavy atom. The van der Waals surface area contributed by atoms with Gasteiger partial charge in [0.2, 0.25) is 0 Å². The van der Waals surface area contributed by atoms with Crippen LogP contribution in [0.2, 0.25) is 5.02 Å². The lowest BCUT2D eigenvalue weighted by atomic mass is 10.1. The van der Waals surface area contributed by atoms with Gasteiger partial charge in [-0.25, -0.2) is 13.6 Å². The summed E-state index contributed by atoms with van der Waals surface area (Å²) in [5.74, 6) is -3.76. The average molecular weight is 330 g/mol. The van der Waals surface area contributed by atoms with Gasteiger partial charge < -0.3 is 4.84 Å². The van der Waals surface area contributed by atoms with E-state index in [1.54, 1.807) is 6.92 Å². The summed E-state index contributed by atoms with van der Waals surface area (Å²) in [4.78, 5) is 28.4. The molecule has 4 nitrogen and oxygen atoms in total. The molecule has 0 amide bonds. The van der Waals surface area contributed by atoms with Crippen LogP contribution in [0.1, 0.15) is 30.1 Å². The van der Waals surface area contributed by atoms with Crippen molar-refractivity contribution in [1.82, 2.24) is 5.48 Å². The molecule has 1 N–H and O–H groups in total. The number of carbonyl (C=O) groups is 2. The van der Waals surface area contributed by atoms with Crippen LogP contribution in [0.15, 0.2) is 24.3 Å². The Hall–Kier alpha value is -1.79. The molecule has 0 bridgehead atoms. The van der Waals surface area contributed by atoms with Gasteiger partial charge in [0.1, 0.15) is 0 Å². The molecule has 0 aromatic heterocycles. The van der Waals surface area contributed by atoms with E-state index in [1.165, 1.54) is 0 Å². The monoisotopic (exact) mass is 329 g/mol. The molecule has 118 valence electrons. The molecular weight excluding hydrogens is 316 g/mol. The number of rotatable bonds is 6. The van der Waals surface area contributed by atoms with Crippen molar-refractivity contribution in [3.63, 3.8) is 0 Å². The topological polar surface area (TPSA) is 55.4 Å². The van der Waals surface area contributed by atoms with Crippen LogP contribution in [0, 0.1) is 17.6 Å². The fourth-order valence-electron chi connectivity index (χ4n) is 1.87. The number of ketones is 1. The van der Waals surface area contributed by atoms with E-state index in [2.05, 4.69) is 12.1 Å². The molecule has 1 fully saturated rings. The zero-order valence-electron chi connectivity index (χ0n) is 11.8. The minimum Gasteiger partial charge on any atom is -0.367 e. The van der Waals surface area contributed by atoms with Crippen LogP contribution in [0.4, 0.5) is 8.78 Å². The highest BCUT2D eigenvalue weighted by Crippen LogP contribution is 2.36. The Balaban J connectivity index is 1.95. The number of carbonyl (C=O) groups excluding carboxylic acids is 2. The van der Waals surface area contributed by atoms with E-state index in [0.717, 1.165) is 12.1 Å². The van der Waals surface area contributed by atoms with Crippen molar-refractivity contribution in [2.45, 2.75) is 25.8 Å². The van der Waals surface area contributed by atoms with Crippen LogP contribution in [0.5, 0.6) is 0 Å². The largest absolute Gasteiger partial charge is 0.367 e. The van der Waals surface area contributed by atoms with Gasteiger partial charge in [0.05, 0.1) is 11.1 Å². The first kappa shape index (κ1) is 16.6. The second-order valence-corrected chi connectivity index (χ2v) is 5.43. The van der Waals surface area contributed by atoms with Crippen molar-refractivity contribution < 1.29 is 23.2 Å². The standard InChI is InChI=1S/C15H14ClF2NO3/c1-3-7(2)15(21)22-19-13-5-9(13)14(20)8-4-11(17)12(18)6-10(8)16/h4,6,9,13,19H,2-3,5H2,1H3. The Morgan fingerprint density at radius 1 is 1.41 bits per heavy atom. The number of Topliss-reactive ketones (excluding diaryl/α,β-unsaturated/α-hetero) is 1. The summed E-state index contributed by atoms with van der Waals surface area (Å²) in [7, 11) is 0. The van der Waals surface area contributed by atoms with Crippen LogP contribution < -0.4 is 5.48 Å². The van der Waals surface area contributed by atoms with Gasteiger partial charge in [-0.05, 0) is 25.0 Å². The molecule has 1 aliphatic rings. The van der Waals surface area contributed by atoms with E-state index >= 15 is 0 Å². The van der Waals surface area contributed by atoms with E-state index in [1.807, 2.05) is 0 Å². The van der Waals surface area contributed by atoms with Crippen LogP contribution in [-0.4, -0.2) is 17.8 Å². The quantitative estimate of drug-likeness (QED) is 0.377. The fraction of sp³-hybridized carbons (Fsp3) is 0.333. The highest BCUT2D eigenvalue weighted by molar-refractivity contribution is 6.34. The molecule has 0 heterocycles. The van der Waals surface area contributed by atoms with Gasteiger partial charge in [-0.3, -0.25) is 4.79 Å². The normalized spacial score (nSPS) is 19.6. The maximum Gasteiger partial charge on any atom is 0.352 e. The minimum absolute atomic E-state index is 0.0841. The van der Waals surface area contributed by atoms with Crippen LogP contribution in [0.3, 0.4) is 0 Å². The highest BCUT2D eigenvalue weighted by Gasteiger charge is 2.45. The second kappa shape index (κ2) is 6.54. The summed E-state index contributed by atoms with van der Waals surface area (Å²) in [6, 6.07) is 1.17. The number of halogens is 3. The molecule has 1 saturated carbocycles. The van der Waals surface area contributed by atoms with E-state index in [-0.39, 0.29) is 16.6 Å². The molecule has 2 rings (SSSR count). The maximum atomic E-state index is 13.2. The first-order valence-corrected chi connectivity index (χ1v) is 7.06. The minimum atomic E-state index is -1.14. The van der Waals surface area contributed by atoms with Gasteiger partial charge >= 0.3 is 5.97 Å². The molecule has 0 radical (unpaired) electrons. The first-order valence-electron chi connectivity index (χ1n) is 6.68. The molecule has 1 aromatic rings. The average Bonchev–Trinajstić information content (AvgIpc) is 3.26. The number of hydrogen-bond acceptors (Lipinski definition) is 4. The molecule has 1 aromatic carbocycles. The molecule has 7 heteroatoms. The van der Waals surface area contributed by atoms with E-state index in [0.29, 0.717) is 18.4 Å². The lowest BCUT2D eigenvalue weighted by Crippen LogP contribution is -2.25.